The van der Waals surface area contributed by atoms with Crippen molar-refractivity contribution in [2.24, 2.45) is 5.41 Å². The van der Waals surface area contributed by atoms with E-state index in [-0.39, 0.29) is 5.97 Å². The molecule has 2 N–H and O–H groups in total. The lowest BCUT2D eigenvalue weighted by atomic mass is 9.93. The van der Waals surface area contributed by atoms with Gasteiger partial charge in [-0.15, -0.1) is 0 Å². The number of rotatable bonds is 4. The maximum absolute atomic E-state index is 11.8. The first kappa shape index (κ1) is 14.1. The van der Waals surface area contributed by atoms with Gasteiger partial charge in [0.05, 0.1) is 12.5 Å². The van der Waals surface area contributed by atoms with E-state index < -0.39 is 5.41 Å². The summed E-state index contributed by atoms with van der Waals surface area (Å²) in [6, 6.07) is 7.52. The lowest BCUT2D eigenvalue weighted by Crippen LogP contribution is -2.30. The van der Waals surface area contributed by atoms with E-state index >= 15 is 0 Å². The number of carbonyl (C=O) groups excluding carboxylic acids is 1. The van der Waals surface area contributed by atoms with Crippen LogP contribution >= 0.6 is 0 Å². The Morgan fingerprint density at radius 2 is 2.20 bits per heavy atom. The molecule has 0 radical (unpaired) electrons. The summed E-state index contributed by atoms with van der Waals surface area (Å²) in [4.78, 5) is 16.1. The number of imidazole rings is 1. The van der Waals surface area contributed by atoms with Crippen LogP contribution in [0.25, 0.3) is 11.4 Å². The van der Waals surface area contributed by atoms with Crippen molar-refractivity contribution < 1.29 is 9.53 Å². The van der Waals surface area contributed by atoms with Gasteiger partial charge in [-0.05, 0) is 26.0 Å². The summed E-state index contributed by atoms with van der Waals surface area (Å²) < 4.78 is 6.77. The number of aromatic nitrogens is 2. The standard InChI is InChI=1S/C15H19N3O2/c1-15(2,14(19)20-3)10-18-8-7-17-13(18)11-5-4-6-12(16)9-11/h4-9H,10,16H2,1-3H3. The number of carbonyl (C=O) groups is 1. The van der Waals surface area contributed by atoms with E-state index in [0.29, 0.717) is 12.2 Å². The summed E-state index contributed by atoms with van der Waals surface area (Å²) in [6.45, 7) is 4.19. The predicted molar refractivity (Wildman–Crippen MR) is 77.9 cm³/mol. The first-order valence-corrected chi connectivity index (χ1v) is 6.39. The number of nitrogens with zero attached hydrogens (tertiary/aromatic N) is 2. The average molecular weight is 273 g/mol. The molecule has 0 atom stereocenters. The molecule has 5 nitrogen and oxygen atoms in total. The Hall–Kier alpha value is -2.30. The summed E-state index contributed by atoms with van der Waals surface area (Å²) >= 11 is 0. The Kier molecular flexibility index (Phi) is 3.79. The molecule has 20 heavy (non-hydrogen) atoms. The monoisotopic (exact) mass is 273 g/mol. The molecule has 2 rings (SSSR count). The van der Waals surface area contributed by atoms with E-state index in [2.05, 4.69) is 4.98 Å². The SMILES string of the molecule is COC(=O)C(C)(C)Cn1ccnc1-c1cccc(N)c1. The Morgan fingerprint density at radius 1 is 1.45 bits per heavy atom. The van der Waals surface area contributed by atoms with Crippen molar-refractivity contribution in [1.82, 2.24) is 9.55 Å². The third-order valence-corrected chi connectivity index (χ3v) is 3.16. The van der Waals surface area contributed by atoms with Gasteiger partial charge in [0.2, 0.25) is 0 Å². The van der Waals surface area contributed by atoms with Crippen LogP contribution in [0.1, 0.15) is 13.8 Å². The second kappa shape index (κ2) is 5.36. The minimum absolute atomic E-state index is 0.246. The molecule has 2 aromatic rings. The highest BCUT2D eigenvalue weighted by Crippen LogP contribution is 2.25. The maximum atomic E-state index is 11.8. The fourth-order valence-electron chi connectivity index (χ4n) is 2.14. The minimum atomic E-state index is -0.621. The Bertz CT molecular complexity index is 617. The smallest absolute Gasteiger partial charge is 0.313 e. The van der Waals surface area contributed by atoms with E-state index in [1.54, 1.807) is 6.20 Å². The second-order valence-corrected chi connectivity index (χ2v) is 5.38. The molecular formula is C15H19N3O2. The molecule has 0 aliphatic carbocycles. The summed E-state index contributed by atoms with van der Waals surface area (Å²) in [5, 5.41) is 0. The van der Waals surface area contributed by atoms with Gasteiger partial charge in [-0.2, -0.15) is 0 Å². The zero-order chi connectivity index (χ0) is 14.8. The topological polar surface area (TPSA) is 70.1 Å². The van der Waals surface area contributed by atoms with Crippen LogP contribution in [-0.4, -0.2) is 22.6 Å². The molecule has 0 aliphatic heterocycles. The average Bonchev–Trinajstić information content (AvgIpc) is 2.85. The lowest BCUT2D eigenvalue weighted by molar-refractivity contribution is -0.151. The van der Waals surface area contributed by atoms with E-state index in [1.807, 2.05) is 48.9 Å². The van der Waals surface area contributed by atoms with Gasteiger partial charge in [0, 0.05) is 30.2 Å². The molecule has 0 spiro atoms. The zero-order valence-corrected chi connectivity index (χ0v) is 12.0. The number of ether oxygens (including phenoxy) is 1. The highest BCUT2D eigenvalue weighted by Gasteiger charge is 2.30. The van der Waals surface area contributed by atoms with Crippen LogP contribution < -0.4 is 5.73 Å². The highest BCUT2D eigenvalue weighted by atomic mass is 16.5. The second-order valence-electron chi connectivity index (χ2n) is 5.38. The molecule has 5 heteroatoms. The van der Waals surface area contributed by atoms with Crippen LogP contribution in [0, 0.1) is 5.41 Å². The van der Waals surface area contributed by atoms with E-state index in [4.69, 9.17) is 10.5 Å². The van der Waals surface area contributed by atoms with Gasteiger partial charge in [-0.25, -0.2) is 4.98 Å². The lowest BCUT2D eigenvalue weighted by Gasteiger charge is -2.23. The van der Waals surface area contributed by atoms with Gasteiger partial charge in [0.25, 0.3) is 0 Å². The molecule has 0 fully saturated rings. The number of hydrogen-bond acceptors (Lipinski definition) is 4. The van der Waals surface area contributed by atoms with Crippen molar-refractivity contribution in [1.29, 1.82) is 0 Å². The molecule has 0 unspecified atom stereocenters. The van der Waals surface area contributed by atoms with Crippen molar-refractivity contribution in [2.45, 2.75) is 20.4 Å². The number of esters is 1. The van der Waals surface area contributed by atoms with Crippen LogP contribution in [0.5, 0.6) is 0 Å². The van der Waals surface area contributed by atoms with E-state index in [9.17, 15) is 4.79 Å². The number of anilines is 1. The summed E-state index contributed by atoms with van der Waals surface area (Å²) in [7, 11) is 1.40. The molecular weight excluding hydrogens is 254 g/mol. The largest absolute Gasteiger partial charge is 0.469 e. The predicted octanol–water partition coefficient (Wildman–Crippen LogP) is 2.33. The quantitative estimate of drug-likeness (QED) is 0.685. The Morgan fingerprint density at radius 3 is 2.85 bits per heavy atom. The molecule has 0 saturated carbocycles. The van der Waals surface area contributed by atoms with Crippen molar-refractivity contribution in [3.8, 4) is 11.4 Å². The summed E-state index contributed by atoms with van der Waals surface area (Å²) in [5.74, 6) is 0.541. The van der Waals surface area contributed by atoms with Crippen LogP contribution in [-0.2, 0) is 16.1 Å². The number of benzene rings is 1. The van der Waals surface area contributed by atoms with Crippen molar-refractivity contribution in [3.05, 3.63) is 36.7 Å². The normalized spacial score (nSPS) is 11.3. The minimum Gasteiger partial charge on any atom is -0.469 e. The van der Waals surface area contributed by atoms with E-state index in [1.165, 1.54) is 7.11 Å². The molecule has 1 heterocycles. The Labute approximate surface area is 118 Å². The van der Waals surface area contributed by atoms with Crippen LogP contribution in [0.3, 0.4) is 0 Å². The molecule has 0 amide bonds. The van der Waals surface area contributed by atoms with E-state index in [0.717, 1.165) is 11.4 Å². The molecule has 0 aliphatic rings. The first-order valence-electron chi connectivity index (χ1n) is 6.39. The molecule has 1 aromatic heterocycles. The molecule has 1 aromatic carbocycles. The number of nitrogen functional groups attached to an aromatic ring is 1. The molecule has 106 valence electrons. The van der Waals surface area contributed by atoms with Gasteiger partial charge in [0.15, 0.2) is 0 Å². The van der Waals surface area contributed by atoms with Gasteiger partial charge in [-0.3, -0.25) is 4.79 Å². The van der Waals surface area contributed by atoms with Crippen LogP contribution in [0.4, 0.5) is 5.69 Å². The molecule has 0 bridgehead atoms. The maximum Gasteiger partial charge on any atom is 0.313 e. The number of methoxy groups -OCH3 is 1. The van der Waals surface area contributed by atoms with Gasteiger partial charge >= 0.3 is 5.97 Å². The Balaban J connectivity index is 2.32. The van der Waals surface area contributed by atoms with Gasteiger partial charge in [-0.1, -0.05) is 12.1 Å². The van der Waals surface area contributed by atoms with Crippen molar-refractivity contribution in [3.63, 3.8) is 0 Å². The fraction of sp³-hybridized carbons (Fsp3) is 0.333. The highest BCUT2D eigenvalue weighted by molar-refractivity contribution is 5.75. The summed E-state index contributed by atoms with van der Waals surface area (Å²) in [5.41, 5.74) is 6.79. The zero-order valence-electron chi connectivity index (χ0n) is 12.0. The third kappa shape index (κ3) is 2.82. The van der Waals surface area contributed by atoms with Crippen molar-refractivity contribution >= 4 is 11.7 Å². The van der Waals surface area contributed by atoms with Crippen molar-refractivity contribution in [2.75, 3.05) is 12.8 Å². The molecule has 0 saturated heterocycles. The number of nitrogens with two attached hydrogens (primary N) is 1. The third-order valence-electron chi connectivity index (χ3n) is 3.16. The van der Waals surface area contributed by atoms with Crippen LogP contribution in [0.15, 0.2) is 36.7 Å². The first-order chi connectivity index (χ1) is 9.44. The van der Waals surface area contributed by atoms with Crippen LogP contribution in [0.2, 0.25) is 0 Å². The summed E-state index contributed by atoms with van der Waals surface area (Å²) in [6.07, 6.45) is 3.56. The van der Waals surface area contributed by atoms with Gasteiger partial charge in [0.1, 0.15) is 5.82 Å². The van der Waals surface area contributed by atoms with Gasteiger partial charge < -0.3 is 15.0 Å². The number of hydrogen-bond donors (Lipinski definition) is 1. The fourth-order valence-corrected chi connectivity index (χ4v) is 2.14.